The van der Waals surface area contributed by atoms with Gasteiger partial charge in [-0.15, -0.1) is 0 Å². The summed E-state index contributed by atoms with van der Waals surface area (Å²) in [6, 6.07) is 3.84. The van der Waals surface area contributed by atoms with Crippen LogP contribution in [0.4, 0.5) is 10.1 Å². The van der Waals surface area contributed by atoms with Gasteiger partial charge in [-0.25, -0.2) is 4.39 Å². The van der Waals surface area contributed by atoms with Crippen LogP contribution in [0.25, 0.3) is 0 Å². The van der Waals surface area contributed by atoms with Crippen molar-refractivity contribution in [1.29, 1.82) is 0 Å². The Balaban J connectivity index is 1.82. The number of halogens is 2. The monoisotopic (exact) mass is 311 g/mol. The molecule has 0 unspecified atom stereocenters. The summed E-state index contributed by atoms with van der Waals surface area (Å²) < 4.78 is 19.1. The third-order valence-corrected chi connectivity index (χ3v) is 3.91. The van der Waals surface area contributed by atoms with E-state index in [1.54, 1.807) is 12.2 Å². The molecule has 0 radical (unpaired) electrons. The van der Waals surface area contributed by atoms with E-state index in [9.17, 15) is 19.1 Å². The van der Waals surface area contributed by atoms with Crippen molar-refractivity contribution in [1.82, 2.24) is 0 Å². The lowest BCUT2D eigenvalue weighted by Crippen LogP contribution is -2.39. The van der Waals surface area contributed by atoms with Gasteiger partial charge < -0.3 is 15.2 Å². The molecule has 5 nitrogen and oxygen atoms in total. The molecule has 1 fully saturated rings. The van der Waals surface area contributed by atoms with E-state index in [2.05, 4.69) is 5.32 Å². The lowest BCUT2D eigenvalue weighted by Gasteiger charge is -2.21. The Morgan fingerprint density at radius 1 is 1.24 bits per heavy atom. The van der Waals surface area contributed by atoms with Gasteiger partial charge in [-0.3, -0.25) is 9.59 Å². The predicted octanol–water partition coefficient (Wildman–Crippen LogP) is 2.07. The fraction of sp³-hybridized carbons (Fsp3) is 0.286. The molecule has 1 aromatic rings. The number of carbonyl (C=O) groups is 2. The van der Waals surface area contributed by atoms with E-state index in [4.69, 9.17) is 16.3 Å². The van der Waals surface area contributed by atoms with Gasteiger partial charge >= 0.3 is 5.97 Å². The predicted molar refractivity (Wildman–Crippen MR) is 72.5 cm³/mol. The van der Waals surface area contributed by atoms with Gasteiger partial charge in [-0.2, -0.15) is 0 Å². The zero-order valence-electron chi connectivity index (χ0n) is 10.6. The zero-order chi connectivity index (χ0) is 15.1. The van der Waals surface area contributed by atoms with Gasteiger partial charge in [-0.1, -0.05) is 23.8 Å². The molecule has 4 atom stereocenters. The summed E-state index contributed by atoms with van der Waals surface area (Å²) in [6.45, 7) is 0. The van der Waals surface area contributed by atoms with Gasteiger partial charge in [0.1, 0.15) is 11.7 Å². The van der Waals surface area contributed by atoms with E-state index in [1.165, 1.54) is 12.1 Å². The molecule has 110 valence electrons. The van der Waals surface area contributed by atoms with E-state index < -0.39 is 41.7 Å². The number of nitrogens with one attached hydrogen (secondary N) is 1. The lowest BCUT2D eigenvalue weighted by molar-refractivity contribution is -0.145. The molecular weight excluding hydrogens is 301 g/mol. The Morgan fingerprint density at radius 3 is 2.52 bits per heavy atom. The Bertz CT molecular complexity index is 648. The number of aliphatic carboxylic acids is 1. The minimum Gasteiger partial charge on any atom is -0.481 e. The summed E-state index contributed by atoms with van der Waals surface area (Å²) in [4.78, 5) is 23.6. The molecule has 2 bridgehead atoms. The summed E-state index contributed by atoms with van der Waals surface area (Å²) in [7, 11) is 0. The molecule has 1 saturated heterocycles. The van der Waals surface area contributed by atoms with Gasteiger partial charge in [0, 0.05) is 5.02 Å². The molecule has 1 amide bonds. The maximum Gasteiger partial charge on any atom is 0.310 e. The highest BCUT2D eigenvalue weighted by molar-refractivity contribution is 6.30. The fourth-order valence-corrected chi connectivity index (χ4v) is 2.88. The second kappa shape index (κ2) is 5.13. The van der Waals surface area contributed by atoms with Crippen LogP contribution in [0.3, 0.4) is 0 Å². The highest BCUT2D eigenvalue weighted by Gasteiger charge is 2.53. The van der Waals surface area contributed by atoms with Gasteiger partial charge in [0.05, 0.1) is 23.8 Å². The smallest absolute Gasteiger partial charge is 0.310 e. The number of carbonyl (C=O) groups excluding carboxylic acids is 1. The summed E-state index contributed by atoms with van der Waals surface area (Å²) in [5.41, 5.74) is -0.0414. The molecule has 0 aromatic heterocycles. The van der Waals surface area contributed by atoms with Gasteiger partial charge in [0.25, 0.3) is 0 Å². The van der Waals surface area contributed by atoms with Crippen LogP contribution >= 0.6 is 11.6 Å². The zero-order valence-corrected chi connectivity index (χ0v) is 11.4. The summed E-state index contributed by atoms with van der Waals surface area (Å²) in [6.07, 6.45) is 2.09. The van der Waals surface area contributed by atoms with E-state index in [1.807, 2.05) is 0 Å². The van der Waals surface area contributed by atoms with Crippen molar-refractivity contribution >= 4 is 29.2 Å². The number of amides is 1. The molecule has 2 heterocycles. The first-order chi connectivity index (χ1) is 9.97. The van der Waals surface area contributed by atoms with Crippen LogP contribution in [0.15, 0.2) is 30.4 Å². The Kier molecular flexibility index (Phi) is 3.43. The number of rotatable bonds is 3. The van der Waals surface area contributed by atoms with Crippen molar-refractivity contribution in [3.8, 4) is 0 Å². The van der Waals surface area contributed by atoms with Crippen molar-refractivity contribution in [3.63, 3.8) is 0 Å². The second-order valence-electron chi connectivity index (χ2n) is 4.95. The lowest BCUT2D eigenvalue weighted by atomic mass is 9.82. The topological polar surface area (TPSA) is 75.6 Å². The molecule has 2 N–H and O–H groups in total. The molecule has 1 aromatic carbocycles. The van der Waals surface area contributed by atoms with Gasteiger partial charge in [0.15, 0.2) is 0 Å². The summed E-state index contributed by atoms with van der Waals surface area (Å²) in [5.74, 6) is -4.21. The molecule has 21 heavy (non-hydrogen) atoms. The number of carboxylic acid groups (broad SMARTS) is 1. The normalized spacial score (nSPS) is 29.6. The average Bonchev–Trinajstić information content (AvgIpc) is 3.02. The number of benzene rings is 1. The van der Waals surface area contributed by atoms with Crippen molar-refractivity contribution < 1.29 is 23.8 Å². The number of fused-ring (bicyclic) bond motifs is 2. The van der Waals surface area contributed by atoms with Crippen LogP contribution in [0, 0.1) is 17.7 Å². The van der Waals surface area contributed by atoms with Crippen molar-refractivity contribution in [2.45, 2.75) is 12.2 Å². The molecule has 7 heteroatoms. The molecule has 3 rings (SSSR count). The number of hydrogen-bond donors (Lipinski definition) is 2. The van der Waals surface area contributed by atoms with Gasteiger partial charge in [0.2, 0.25) is 5.91 Å². The van der Waals surface area contributed by atoms with E-state index >= 15 is 0 Å². The average molecular weight is 312 g/mol. The SMILES string of the molecule is O=C(Nc1ccc(Cl)cc1F)[C@@H]1[C@H](C(=O)O)[C@@H]2C=C[C@H]1O2. The molecule has 0 aliphatic carbocycles. The first-order valence-electron chi connectivity index (χ1n) is 6.30. The maximum atomic E-state index is 13.7. The first-order valence-corrected chi connectivity index (χ1v) is 6.67. The minimum absolute atomic E-state index is 0.0414. The molecule has 0 saturated carbocycles. The molecule has 2 aliphatic heterocycles. The minimum atomic E-state index is -1.11. The van der Waals surface area contributed by atoms with Gasteiger partial charge in [-0.05, 0) is 18.2 Å². The van der Waals surface area contributed by atoms with Crippen molar-refractivity contribution in [2.75, 3.05) is 5.32 Å². The molecule has 2 aliphatic rings. The van der Waals surface area contributed by atoms with Crippen molar-refractivity contribution in [2.24, 2.45) is 11.8 Å². The quantitative estimate of drug-likeness (QED) is 0.838. The van der Waals surface area contributed by atoms with E-state index in [0.717, 1.165) is 6.07 Å². The Labute approximate surface area is 124 Å². The number of carboxylic acids is 1. The third kappa shape index (κ3) is 2.41. The summed E-state index contributed by atoms with van der Waals surface area (Å²) in [5, 5.41) is 11.8. The van der Waals surface area contributed by atoms with Crippen LogP contribution in [0.2, 0.25) is 5.02 Å². The van der Waals surface area contributed by atoms with Crippen LogP contribution < -0.4 is 5.32 Å². The van der Waals surface area contributed by atoms with Crippen molar-refractivity contribution in [3.05, 3.63) is 41.2 Å². The molecule has 0 spiro atoms. The Morgan fingerprint density at radius 2 is 1.90 bits per heavy atom. The van der Waals surface area contributed by atoms with E-state index in [0.29, 0.717) is 0 Å². The maximum absolute atomic E-state index is 13.7. The number of anilines is 1. The standard InChI is InChI=1S/C14H11ClFNO4/c15-6-1-2-8(7(16)5-6)17-13(18)11-9-3-4-10(21-9)12(11)14(19)20/h1-5,9-12H,(H,17,18)(H,19,20)/t9-,10+,11+,12-/m1/s1. The summed E-state index contributed by atoms with van der Waals surface area (Å²) >= 11 is 5.64. The molecular formula is C14H11ClFNO4. The van der Waals surface area contributed by atoms with Crippen LogP contribution in [0.1, 0.15) is 0 Å². The van der Waals surface area contributed by atoms with Crippen LogP contribution in [0.5, 0.6) is 0 Å². The highest BCUT2D eigenvalue weighted by Crippen LogP contribution is 2.40. The van der Waals surface area contributed by atoms with E-state index in [-0.39, 0.29) is 10.7 Å². The number of hydrogen-bond acceptors (Lipinski definition) is 3. The highest BCUT2D eigenvalue weighted by atomic mass is 35.5. The third-order valence-electron chi connectivity index (χ3n) is 3.68. The van der Waals surface area contributed by atoms with Crippen LogP contribution in [-0.2, 0) is 14.3 Å². The second-order valence-corrected chi connectivity index (χ2v) is 5.39. The Hall–Kier alpha value is -1.92. The first kappa shape index (κ1) is 14.0. The number of ether oxygens (including phenoxy) is 1. The largest absolute Gasteiger partial charge is 0.481 e. The van der Waals surface area contributed by atoms with Crippen LogP contribution in [-0.4, -0.2) is 29.2 Å². The fourth-order valence-electron chi connectivity index (χ4n) is 2.72.